The summed E-state index contributed by atoms with van der Waals surface area (Å²) >= 11 is 5.32. The molecule has 1 saturated heterocycles. The van der Waals surface area contributed by atoms with Crippen LogP contribution >= 0.6 is 12.2 Å². The SMILES string of the molecule is C=C1C(=O)N(c2ccc(C)cc2)C(=S)N(C(C)C)C1=O. The zero-order valence-electron chi connectivity index (χ0n) is 11.7. The number of thiocarbonyl (C=S) groups is 1. The van der Waals surface area contributed by atoms with E-state index in [1.807, 2.05) is 32.9 Å². The number of hydrogen-bond acceptors (Lipinski definition) is 3. The van der Waals surface area contributed by atoms with Crippen LogP contribution in [0.1, 0.15) is 19.4 Å². The quantitative estimate of drug-likeness (QED) is 0.477. The molecule has 0 N–H and O–H groups in total. The molecule has 0 unspecified atom stereocenters. The Morgan fingerprint density at radius 3 is 2.15 bits per heavy atom. The van der Waals surface area contributed by atoms with Gasteiger partial charge in [-0.25, -0.2) is 0 Å². The minimum atomic E-state index is -0.458. The van der Waals surface area contributed by atoms with Crippen LogP contribution in [-0.2, 0) is 9.59 Å². The molecule has 0 aromatic heterocycles. The van der Waals surface area contributed by atoms with Crippen molar-refractivity contribution in [2.45, 2.75) is 26.8 Å². The molecule has 1 aliphatic heterocycles. The molecule has 0 aliphatic carbocycles. The van der Waals surface area contributed by atoms with Crippen molar-refractivity contribution in [2.24, 2.45) is 0 Å². The number of carbonyl (C=O) groups excluding carboxylic acids is 2. The average molecular weight is 288 g/mol. The van der Waals surface area contributed by atoms with Gasteiger partial charge in [0, 0.05) is 6.04 Å². The Hall–Kier alpha value is -2.01. The van der Waals surface area contributed by atoms with E-state index in [4.69, 9.17) is 12.2 Å². The maximum Gasteiger partial charge on any atom is 0.269 e. The van der Waals surface area contributed by atoms with Crippen LogP contribution in [-0.4, -0.2) is 27.9 Å². The van der Waals surface area contributed by atoms with Crippen LogP contribution in [0.15, 0.2) is 36.4 Å². The summed E-state index contributed by atoms with van der Waals surface area (Å²) in [4.78, 5) is 27.2. The number of aryl methyl sites for hydroxylation is 1. The molecule has 20 heavy (non-hydrogen) atoms. The van der Waals surface area contributed by atoms with E-state index in [0.717, 1.165) is 5.56 Å². The van der Waals surface area contributed by atoms with Gasteiger partial charge in [0.15, 0.2) is 5.11 Å². The Kier molecular flexibility index (Phi) is 3.72. The van der Waals surface area contributed by atoms with Crippen molar-refractivity contribution >= 4 is 34.8 Å². The molecular formula is C15H16N2O2S. The average Bonchev–Trinajstić information content (AvgIpc) is 2.38. The number of hydrogen-bond donors (Lipinski definition) is 0. The van der Waals surface area contributed by atoms with Crippen molar-refractivity contribution in [1.29, 1.82) is 0 Å². The van der Waals surface area contributed by atoms with E-state index in [2.05, 4.69) is 6.58 Å². The van der Waals surface area contributed by atoms with Crippen LogP contribution < -0.4 is 4.90 Å². The predicted octanol–water partition coefficient (Wildman–Crippen LogP) is 2.42. The summed E-state index contributed by atoms with van der Waals surface area (Å²) < 4.78 is 0. The van der Waals surface area contributed by atoms with Crippen molar-refractivity contribution in [3.8, 4) is 0 Å². The van der Waals surface area contributed by atoms with E-state index >= 15 is 0 Å². The van der Waals surface area contributed by atoms with Crippen LogP contribution in [0.25, 0.3) is 0 Å². The van der Waals surface area contributed by atoms with Gasteiger partial charge in [-0.1, -0.05) is 24.3 Å². The Morgan fingerprint density at radius 1 is 1.10 bits per heavy atom. The third-order valence-electron chi connectivity index (χ3n) is 3.14. The Labute approximate surface area is 123 Å². The van der Waals surface area contributed by atoms with Crippen molar-refractivity contribution in [3.63, 3.8) is 0 Å². The van der Waals surface area contributed by atoms with Crippen molar-refractivity contribution in [3.05, 3.63) is 42.0 Å². The highest BCUT2D eigenvalue weighted by molar-refractivity contribution is 7.80. The highest BCUT2D eigenvalue weighted by Gasteiger charge is 2.40. The number of carbonyl (C=O) groups is 2. The van der Waals surface area contributed by atoms with Crippen LogP contribution in [0.2, 0.25) is 0 Å². The minimum absolute atomic E-state index is 0.0622. The first-order valence-corrected chi connectivity index (χ1v) is 6.73. The molecule has 1 heterocycles. The molecule has 0 spiro atoms. The van der Waals surface area contributed by atoms with Gasteiger partial charge in [-0.2, -0.15) is 0 Å². The Balaban J connectivity index is 2.48. The summed E-state index contributed by atoms with van der Waals surface area (Å²) in [5.41, 5.74) is 1.66. The van der Waals surface area contributed by atoms with Crippen molar-refractivity contribution in [1.82, 2.24) is 4.90 Å². The van der Waals surface area contributed by atoms with Crippen LogP contribution in [0.5, 0.6) is 0 Å². The number of amides is 2. The number of benzene rings is 1. The zero-order chi connectivity index (χ0) is 15.0. The molecule has 0 radical (unpaired) electrons. The van der Waals surface area contributed by atoms with E-state index in [-0.39, 0.29) is 16.7 Å². The van der Waals surface area contributed by atoms with E-state index < -0.39 is 11.8 Å². The first kappa shape index (κ1) is 14.4. The Morgan fingerprint density at radius 2 is 1.65 bits per heavy atom. The van der Waals surface area contributed by atoms with Crippen LogP contribution in [0, 0.1) is 6.92 Å². The third kappa shape index (κ3) is 2.25. The van der Waals surface area contributed by atoms with Crippen LogP contribution in [0.3, 0.4) is 0 Å². The molecule has 0 atom stereocenters. The zero-order valence-corrected chi connectivity index (χ0v) is 12.5. The highest BCUT2D eigenvalue weighted by Crippen LogP contribution is 2.25. The first-order valence-electron chi connectivity index (χ1n) is 6.32. The van der Waals surface area contributed by atoms with Gasteiger partial charge in [0.1, 0.15) is 0 Å². The molecule has 1 aromatic carbocycles. The van der Waals surface area contributed by atoms with Gasteiger partial charge in [0.25, 0.3) is 11.8 Å². The second-order valence-electron chi connectivity index (χ2n) is 5.01. The molecule has 2 amide bonds. The van der Waals surface area contributed by atoms with Gasteiger partial charge in [-0.05, 0) is 45.1 Å². The van der Waals surface area contributed by atoms with E-state index in [1.54, 1.807) is 12.1 Å². The Bertz CT molecular complexity index is 605. The smallest absolute Gasteiger partial charge is 0.269 e. The van der Waals surface area contributed by atoms with Crippen molar-refractivity contribution in [2.75, 3.05) is 4.90 Å². The van der Waals surface area contributed by atoms with E-state index in [0.29, 0.717) is 5.69 Å². The van der Waals surface area contributed by atoms with Gasteiger partial charge in [-0.15, -0.1) is 0 Å². The van der Waals surface area contributed by atoms with E-state index in [1.165, 1.54) is 9.80 Å². The summed E-state index contributed by atoms with van der Waals surface area (Å²) in [6.07, 6.45) is 0. The fraction of sp³-hybridized carbons (Fsp3) is 0.267. The summed E-state index contributed by atoms with van der Waals surface area (Å²) in [7, 11) is 0. The first-order chi connectivity index (χ1) is 9.34. The lowest BCUT2D eigenvalue weighted by Gasteiger charge is -2.38. The van der Waals surface area contributed by atoms with Crippen LogP contribution in [0.4, 0.5) is 5.69 Å². The standard InChI is InChI=1S/C15H16N2O2S/c1-9(2)16-13(18)11(4)14(19)17(15(16)20)12-7-5-10(3)6-8-12/h5-9H,4H2,1-3H3. The van der Waals surface area contributed by atoms with Gasteiger partial charge in [0.2, 0.25) is 0 Å². The molecule has 1 fully saturated rings. The number of rotatable bonds is 2. The normalized spacial score (nSPS) is 16.4. The molecule has 0 saturated carbocycles. The van der Waals surface area contributed by atoms with Gasteiger partial charge >= 0.3 is 0 Å². The highest BCUT2D eigenvalue weighted by atomic mass is 32.1. The van der Waals surface area contributed by atoms with Gasteiger partial charge in [-0.3, -0.25) is 19.4 Å². The van der Waals surface area contributed by atoms with E-state index in [9.17, 15) is 9.59 Å². The molecule has 104 valence electrons. The number of anilines is 1. The van der Waals surface area contributed by atoms with Gasteiger partial charge < -0.3 is 0 Å². The molecule has 0 bridgehead atoms. The maximum atomic E-state index is 12.3. The minimum Gasteiger partial charge on any atom is -0.282 e. The fourth-order valence-corrected chi connectivity index (χ4v) is 2.51. The lowest BCUT2D eigenvalue weighted by Crippen LogP contribution is -2.58. The van der Waals surface area contributed by atoms with Crippen molar-refractivity contribution < 1.29 is 9.59 Å². The molecular weight excluding hydrogens is 272 g/mol. The largest absolute Gasteiger partial charge is 0.282 e. The predicted molar refractivity (Wildman–Crippen MR) is 82.4 cm³/mol. The summed E-state index contributed by atoms with van der Waals surface area (Å²) in [6.45, 7) is 9.25. The van der Waals surface area contributed by atoms with Gasteiger partial charge in [0.05, 0.1) is 11.3 Å². The fourth-order valence-electron chi connectivity index (χ4n) is 2.03. The lowest BCUT2D eigenvalue weighted by atomic mass is 10.1. The molecule has 5 heteroatoms. The monoisotopic (exact) mass is 288 g/mol. The summed E-state index contributed by atoms with van der Waals surface area (Å²) in [5.74, 6) is -0.876. The summed E-state index contributed by atoms with van der Waals surface area (Å²) in [6, 6.07) is 7.27. The second kappa shape index (κ2) is 5.17. The molecule has 1 aliphatic rings. The second-order valence-corrected chi connectivity index (χ2v) is 5.37. The topological polar surface area (TPSA) is 40.6 Å². The molecule has 4 nitrogen and oxygen atoms in total. The lowest BCUT2D eigenvalue weighted by molar-refractivity contribution is -0.128. The summed E-state index contributed by atoms with van der Waals surface area (Å²) in [5, 5.41) is 0.200. The third-order valence-corrected chi connectivity index (χ3v) is 3.52. The molecule has 2 rings (SSSR count). The number of nitrogens with zero attached hydrogens (tertiary/aromatic N) is 2. The maximum absolute atomic E-state index is 12.3. The molecule has 1 aromatic rings.